The highest BCUT2D eigenvalue weighted by atomic mass is 35.5. The Kier molecular flexibility index (Phi) is 5.97. The fraction of sp³-hybridized carbons (Fsp3) is 0. The lowest BCUT2D eigenvalue weighted by atomic mass is 10.1. The zero-order chi connectivity index (χ0) is 19.1. The van der Waals surface area contributed by atoms with E-state index in [0.717, 1.165) is 16.8 Å². The molecule has 134 valence electrons. The first-order valence-corrected chi connectivity index (χ1v) is 8.51. The first-order valence-electron chi connectivity index (χ1n) is 8.13. The molecule has 3 rings (SSSR count). The Bertz CT molecular complexity index is 1000. The number of hydrogen-bond acceptors (Lipinski definition) is 4. The Morgan fingerprint density at radius 1 is 1.04 bits per heavy atom. The molecule has 2 N–H and O–H groups in total. The molecule has 27 heavy (non-hydrogen) atoms. The van der Waals surface area contributed by atoms with E-state index in [1.54, 1.807) is 12.4 Å². The molecule has 0 aliphatic carbocycles. The lowest BCUT2D eigenvalue weighted by Gasteiger charge is -2.02. The number of nitrogens with zero attached hydrogens (tertiary/aromatic N) is 2. The number of rotatable bonds is 5. The second-order valence-electron chi connectivity index (χ2n) is 5.62. The monoisotopic (exact) mass is 377 g/mol. The van der Waals surface area contributed by atoms with Gasteiger partial charge in [0.25, 0.3) is 5.91 Å². The Hall–Kier alpha value is -3.44. The Morgan fingerprint density at radius 2 is 1.89 bits per heavy atom. The van der Waals surface area contributed by atoms with Crippen molar-refractivity contribution in [3.63, 3.8) is 0 Å². The fourth-order valence-electron chi connectivity index (χ4n) is 2.28. The van der Waals surface area contributed by atoms with Crippen LogP contribution in [0.4, 0.5) is 0 Å². The molecule has 0 atom stereocenters. The minimum absolute atomic E-state index is 0.0766. The molecule has 0 bridgehead atoms. The standard InChI is InChI=1S/C21H16ClN3O2/c22-19-13-17(8-10-20(19)26)21(27)25-24-14-16-5-3-4-15(12-16)7-9-18-6-1-2-11-23-18/h1-14,26H,(H,25,27). The van der Waals surface area contributed by atoms with Crippen LogP contribution in [0.25, 0.3) is 12.2 Å². The summed E-state index contributed by atoms with van der Waals surface area (Å²) in [6.07, 6.45) is 7.17. The van der Waals surface area contributed by atoms with Crippen LogP contribution in [-0.4, -0.2) is 22.2 Å². The lowest BCUT2D eigenvalue weighted by molar-refractivity contribution is 0.0955. The van der Waals surface area contributed by atoms with Crippen molar-refractivity contribution < 1.29 is 9.90 Å². The Balaban J connectivity index is 1.64. The van der Waals surface area contributed by atoms with Gasteiger partial charge in [0.2, 0.25) is 0 Å². The van der Waals surface area contributed by atoms with Gasteiger partial charge in [0.15, 0.2) is 0 Å². The summed E-state index contributed by atoms with van der Waals surface area (Å²) < 4.78 is 0. The molecule has 0 saturated carbocycles. The molecule has 0 aliphatic heterocycles. The van der Waals surface area contributed by atoms with Gasteiger partial charge in [0, 0.05) is 11.8 Å². The van der Waals surface area contributed by atoms with Crippen LogP contribution in [0.1, 0.15) is 27.2 Å². The molecule has 0 radical (unpaired) electrons. The number of carbonyl (C=O) groups is 1. The summed E-state index contributed by atoms with van der Waals surface area (Å²) in [6.45, 7) is 0. The predicted octanol–water partition coefficient (Wildman–Crippen LogP) is 4.37. The van der Waals surface area contributed by atoms with E-state index in [4.69, 9.17) is 11.6 Å². The normalized spacial score (nSPS) is 11.1. The summed E-state index contributed by atoms with van der Waals surface area (Å²) in [4.78, 5) is 16.3. The minimum atomic E-state index is -0.417. The average Bonchev–Trinajstić information content (AvgIpc) is 2.69. The predicted molar refractivity (Wildman–Crippen MR) is 108 cm³/mol. The molecule has 0 aliphatic rings. The van der Waals surface area contributed by atoms with Crippen molar-refractivity contribution >= 4 is 35.9 Å². The van der Waals surface area contributed by atoms with Crippen LogP contribution in [0.15, 0.2) is 72.0 Å². The van der Waals surface area contributed by atoms with Gasteiger partial charge in [-0.05, 0) is 53.6 Å². The molecule has 3 aromatic rings. The van der Waals surface area contributed by atoms with Gasteiger partial charge >= 0.3 is 0 Å². The number of hydrazone groups is 1. The number of nitrogens with one attached hydrogen (secondary N) is 1. The maximum Gasteiger partial charge on any atom is 0.271 e. The summed E-state index contributed by atoms with van der Waals surface area (Å²) in [6, 6.07) is 17.6. The second kappa shape index (κ2) is 8.78. The molecule has 6 heteroatoms. The number of aromatic hydroxyl groups is 1. The maximum atomic E-state index is 12.0. The highest BCUT2D eigenvalue weighted by Crippen LogP contribution is 2.23. The number of phenols is 1. The quantitative estimate of drug-likeness (QED) is 0.512. The van der Waals surface area contributed by atoms with E-state index >= 15 is 0 Å². The van der Waals surface area contributed by atoms with E-state index in [1.165, 1.54) is 18.2 Å². The van der Waals surface area contributed by atoms with Crippen molar-refractivity contribution in [2.24, 2.45) is 5.10 Å². The number of pyridine rings is 1. The van der Waals surface area contributed by atoms with Gasteiger partial charge in [0.05, 0.1) is 16.9 Å². The van der Waals surface area contributed by atoms with Crippen molar-refractivity contribution in [2.75, 3.05) is 0 Å². The smallest absolute Gasteiger partial charge is 0.271 e. The highest BCUT2D eigenvalue weighted by Gasteiger charge is 2.07. The highest BCUT2D eigenvalue weighted by molar-refractivity contribution is 6.32. The number of hydrogen-bond donors (Lipinski definition) is 2. The number of benzene rings is 2. The van der Waals surface area contributed by atoms with E-state index < -0.39 is 5.91 Å². The number of halogens is 1. The van der Waals surface area contributed by atoms with E-state index in [2.05, 4.69) is 15.5 Å². The Morgan fingerprint density at radius 3 is 2.67 bits per heavy atom. The van der Waals surface area contributed by atoms with Crippen LogP contribution in [0.3, 0.4) is 0 Å². The van der Waals surface area contributed by atoms with Crippen molar-refractivity contribution in [1.29, 1.82) is 0 Å². The first kappa shape index (κ1) is 18.4. The number of carbonyl (C=O) groups excluding carboxylic acids is 1. The topological polar surface area (TPSA) is 74.6 Å². The van der Waals surface area contributed by atoms with Crippen molar-refractivity contribution in [3.8, 4) is 5.75 Å². The molecule has 2 aromatic carbocycles. The summed E-state index contributed by atoms with van der Waals surface area (Å²) in [5.74, 6) is -0.494. The lowest BCUT2D eigenvalue weighted by Crippen LogP contribution is -2.17. The van der Waals surface area contributed by atoms with E-state index in [-0.39, 0.29) is 10.8 Å². The van der Waals surface area contributed by atoms with E-state index in [9.17, 15) is 9.90 Å². The van der Waals surface area contributed by atoms with Gasteiger partial charge in [-0.1, -0.05) is 41.9 Å². The van der Waals surface area contributed by atoms with Gasteiger partial charge < -0.3 is 5.11 Å². The molecular formula is C21H16ClN3O2. The van der Waals surface area contributed by atoms with Crippen LogP contribution >= 0.6 is 11.6 Å². The van der Waals surface area contributed by atoms with E-state index in [0.29, 0.717) is 5.56 Å². The van der Waals surface area contributed by atoms with Crippen LogP contribution < -0.4 is 5.43 Å². The molecule has 5 nitrogen and oxygen atoms in total. The van der Waals surface area contributed by atoms with Crippen molar-refractivity contribution in [2.45, 2.75) is 0 Å². The van der Waals surface area contributed by atoms with Crippen LogP contribution in [-0.2, 0) is 0 Å². The third-order valence-corrected chi connectivity index (χ3v) is 3.94. The van der Waals surface area contributed by atoms with Gasteiger partial charge in [-0.2, -0.15) is 5.10 Å². The van der Waals surface area contributed by atoms with Crippen molar-refractivity contribution in [1.82, 2.24) is 10.4 Å². The molecule has 0 fully saturated rings. The van der Waals surface area contributed by atoms with Gasteiger partial charge in [-0.3, -0.25) is 9.78 Å². The molecule has 0 spiro atoms. The van der Waals surface area contributed by atoms with Crippen LogP contribution in [0.2, 0.25) is 5.02 Å². The molecule has 1 aromatic heterocycles. The van der Waals surface area contributed by atoms with E-state index in [1.807, 2.05) is 54.6 Å². The van der Waals surface area contributed by atoms with Crippen LogP contribution in [0.5, 0.6) is 5.75 Å². The summed E-state index contributed by atoms with van der Waals surface area (Å²) in [7, 11) is 0. The third kappa shape index (κ3) is 5.26. The SMILES string of the molecule is O=C(NN=Cc1cccc(C=Cc2ccccn2)c1)c1ccc(O)c(Cl)c1. The summed E-state index contributed by atoms with van der Waals surface area (Å²) in [5.41, 5.74) is 5.44. The van der Waals surface area contributed by atoms with Crippen LogP contribution in [0, 0.1) is 0 Å². The Labute approximate surface area is 161 Å². The molecule has 1 heterocycles. The van der Waals surface area contributed by atoms with Gasteiger partial charge in [0.1, 0.15) is 5.75 Å². The number of amides is 1. The number of phenolic OH excluding ortho intramolecular Hbond substituents is 1. The summed E-state index contributed by atoms with van der Waals surface area (Å²) in [5, 5.41) is 13.5. The minimum Gasteiger partial charge on any atom is -0.506 e. The van der Waals surface area contributed by atoms with Crippen molar-refractivity contribution in [3.05, 3.63) is 94.3 Å². The maximum absolute atomic E-state index is 12.0. The third-order valence-electron chi connectivity index (χ3n) is 3.63. The molecule has 0 unspecified atom stereocenters. The fourth-order valence-corrected chi connectivity index (χ4v) is 2.46. The largest absolute Gasteiger partial charge is 0.506 e. The average molecular weight is 378 g/mol. The second-order valence-corrected chi connectivity index (χ2v) is 6.03. The molecule has 0 saturated heterocycles. The molecular weight excluding hydrogens is 362 g/mol. The first-order chi connectivity index (χ1) is 13.1. The summed E-state index contributed by atoms with van der Waals surface area (Å²) >= 11 is 5.80. The van der Waals surface area contributed by atoms with Gasteiger partial charge in [-0.25, -0.2) is 5.43 Å². The zero-order valence-electron chi connectivity index (χ0n) is 14.2. The number of aromatic nitrogens is 1. The zero-order valence-corrected chi connectivity index (χ0v) is 15.0. The molecule has 1 amide bonds. The van der Waals surface area contributed by atoms with Gasteiger partial charge in [-0.15, -0.1) is 0 Å².